The lowest BCUT2D eigenvalue weighted by molar-refractivity contribution is 0.378. The summed E-state index contributed by atoms with van der Waals surface area (Å²) < 4.78 is 0. The highest BCUT2D eigenvalue weighted by molar-refractivity contribution is 5.51. The molecular weight excluding hydrogens is 198 g/mol. The van der Waals surface area contributed by atoms with Crippen LogP contribution in [0.25, 0.3) is 0 Å². The maximum absolute atomic E-state index is 9.46. The zero-order valence-corrected chi connectivity index (χ0v) is 10.4. The van der Waals surface area contributed by atoms with E-state index in [9.17, 15) is 5.11 Å². The van der Waals surface area contributed by atoms with Crippen LogP contribution in [-0.2, 0) is 0 Å². The lowest BCUT2D eigenvalue weighted by Gasteiger charge is -2.19. The SMILES string of the molecule is Cc1cc(NC2CCC(C)(C)C2)ccc1O. The van der Waals surface area contributed by atoms with Gasteiger partial charge in [0.05, 0.1) is 0 Å². The standard InChI is InChI=1S/C14H21NO/c1-10-8-11(4-5-13(10)16)15-12-6-7-14(2,3)9-12/h4-5,8,12,15-16H,6-7,9H2,1-3H3. The van der Waals surface area contributed by atoms with Gasteiger partial charge in [-0.15, -0.1) is 0 Å². The molecular formula is C14H21NO. The third-order valence-corrected chi connectivity index (χ3v) is 3.54. The zero-order chi connectivity index (χ0) is 11.8. The molecule has 0 bridgehead atoms. The minimum atomic E-state index is 0.373. The number of hydrogen-bond donors (Lipinski definition) is 2. The predicted molar refractivity (Wildman–Crippen MR) is 67.9 cm³/mol. The number of aromatic hydroxyl groups is 1. The normalized spacial score (nSPS) is 23.3. The Labute approximate surface area is 97.7 Å². The molecule has 1 saturated carbocycles. The summed E-state index contributed by atoms with van der Waals surface area (Å²) in [6.45, 7) is 6.59. The van der Waals surface area contributed by atoms with E-state index in [1.165, 1.54) is 19.3 Å². The zero-order valence-electron chi connectivity index (χ0n) is 10.4. The van der Waals surface area contributed by atoms with Gasteiger partial charge in [0.25, 0.3) is 0 Å². The van der Waals surface area contributed by atoms with Crippen molar-refractivity contribution in [1.29, 1.82) is 0 Å². The van der Waals surface area contributed by atoms with E-state index in [4.69, 9.17) is 0 Å². The number of aryl methyl sites for hydroxylation is 1. The molecule has 0 radical (unpaired) electrons. The molecule has 1 atom stereocenters. The van der Waals surface area contributed by atoms with Gasteiger partial charge in [-0.25, -0.2) is 0 Å². The summed E-state index contributed by atoms with van der Waals surface area (Å²) in [5, 5.41) is 13.0. The molecule has 2 N–H and O–H groups in total. The molecule has 1 aromatic rings. The van der Waals surface area contributed by atoms with Crippen LogP contribution in [0.3, 0.4) is 0 Å². The molecule has 1 fully saturated rings. The van der Waals surface area contributed by atoms with E-state index in [0.29, 0.717) is 17.2 Å². The van der Waals surface area contributed by atoms with Crippen molar-refractivity contribution in [2.75, 3.05) is 5.32 Å². The Balaban J connectivity index is 2.02. The number of phenolic OH excluding ortho intramolecular Hbond substituents is 1. The number of nitrogens with one attached hydrogen (secondary N) is 1. The maximum atomic E-state index is 9.46. The summed E-state index contributed by atoms with van der Waals surface area (Å²) in [5.74, 6) is 0.373. The molecule has 0 spiro atoms. The Bertz CT molecular complexity index is 384. The highest BCUT2D eigenvalue weighted by atomic mass is 16.3. The average molecular weight is 219 g/mol. The van der Waals surface area contributed by atoms with Crippen molar-refractivity contribution in [3.8, 4) is 5.75 Å². The van der Waals surface area contributed by atoms with Gasteiger partial charge in [0.2, 0.25) is 0 Å². The Hall–Kier alpha value is -1.18. The molecule has 0 heterocycles. The van der Waals surface area contributed by atoms with E-state index < -0.39 is 0 Å². The van der Waals surface area contributed by atoms with Gasteiger partial charge in [-0.05, 0) is 55.4 Å². The number of benzene rings is 1. The lowest BCUT2D eigenvalue weighted by Crippen LogP contribution is -2.17. The van der Waals surface area contributed by atoms with Crippen LogP contribution in [0.1, 0.15) is 38.7 Å². The van der Waals surface area contributed by atoms with E-state index in [-0.39, 0.29) is 0 Å². The second kappa shape index (κ2) is 4.00. The first kappa shape index (κ1) is 11.3. The van der Waals surface area contributed by atoms with Crippen LogP contribution < -0.4 is 5.32 Å². The average Bonchev–Trinajstić information content (AvgIpc) is 2.52. The van der Waals surface area contributed by atoms with E-state index in [1.54, 1.807) is 6.07 Å². The van der Waals surface area contributed by atoms with Crippen LogP contribution in [0.2, 0.25) is 0 Å². The molecule has 0 saturated heterocycles. The largest absolute Gasteiger partial charge is 0.508 e. The first-order valence-electron chi connectivity index (χ1n) is 6.02. The van der Waals surface area contributed by atoms with E-state index in [2.05, 4.69) is 19.2 Å². The van der Waals surface area contributed by atoms with Gasteiger partial charge in [0, 0.05) is 11.7 Å². The number of rotatable bonds is 2. The van der Waals surface area contributed by atoms with Gasteiger partial charge >= 0.3 is 0 Å². The van der Waals surface area contributed by atoms with Gasteiger partial charge in [-0.2, -0.15) is 0 Å². The van der Waals surface area contributed by atoms with Gasteiger partial charge in [0.15, 0.2) is 0 Å². The smallest absolute Gasteiger partial charge is 0.118 e. The van der Waals surface area contributed by atoms with Crippen molar-refractivity contribution < 1.29 is 5.11 Å². The topological polar surface area (TPSA) is 32.3 Å². The highest BCUT2D eigenvalue weighted by Gasteiger charge is 2.30. The maximum Gasteiger partial charge on any atom is 0.118 e. The monoisotopic (exact) mass is 219 g/mol. The van der Waals surface area contributed by atoms with Crippen LogP contribution in [0.5, 0.6) is 5.75 Å². The molecule has 16 heavy (non-hydrogen) atoms. The fraction of sp³-hybridized carbons (Fsp3) is 0.571. The van der Waals surface area contributed by atoms with Crippen molar-refractivity contribution in [3.63, 3.8) is 0 Å². The van der Waals surface area contributed by atoms with Crippen molar-refractivity contribution in [1.82, 2.24) is 0 Å². The van der Waals surface area contributed by atoms with Crippen LogP contribution in [0.15, 0.2) is 18.2 Å². The molecule has 0 amide bonds. The van der Waals surface area contributed by atoms with Crippen LogP contribution in [-0.4, -0.2) is 11.1 Å². The summed E-state index contributed by atoms with van der Waals surface area (Å²) in [7, 11) is 0. The summed E-state index contributed by atoms with van der Waals surface area (Å²) in [6.07, 6.45) is 3.77. The van der Waals surface area contributed by atoms with E-state index in [1.807, 2.05) is 19.1 Å². The Kier molecular flexibility index (Phi) is 2.83. The van der Waals surface area contributed by atoms with E-state index in [0.717, 1.165) is 11.3 Å². The quantitative estimate of drug-likeness (QED) is 0.743. The van der Waals surface area contributed by atoms with Crippen LogP contribution in [0, 0.1) is 12.3 Å². The molecule has 2 heteroatoms. The first-order valence-corrected chi connectivity index (χ1v) is 6.02. The molecule has 0 aliphatic heterocycles. The highest BCUT2D eigenvalue weighted by Crippen LogP contribution is 2.38. The third kappa shape index (κ3) is 2.49. The van der Waals surface area contributed by atoms with Gasteiger partial charge in [-0.1, -0.05) is 13.8 Å². The molecule has 1 aliphatic carbocycles. The summed E-state index contributed by atoms with van der Waals surface area (Å²) in [4.78, 5) is 0. The van der Waals surface area contributed by atoms with Crippen LogP contribution >= 0.6 is 0 Å². The molecule has 0 aromatic heterocycles. The Morgan fingerprint density at radius 1 is 1.38 bits per heavy atom. The predicted octanol–water partition coefficient (Wildman–Crippen LogP) is 3.69. The van der Waals surface area contributed by atoms with Gasteiger partial charge in [0.1, 0.15) is 5.75 Å². The van der Waals surface area contributed by atoms with Gasteiger partial charge < -0.3 is 10.4 Å². The number of anilines is 1. The number of phenols is 1. The molecule has 88 valence electrons. The fourth-order valence-corrected chi connectivity index (χ4v) is 2.54. The van der Waals surface area contributed by atoms with Crippen molar-refractivity contribution in [2.24, 2.45) is 5.41 Å². The first-order chi connectivity index (χ1) is 7.46. The van der Waals surface area contributed by atoms with Crippen molar-refractivity contribution in [2.45, 2.75) is 46.1 Å². The number of hydrogen-bond acceptors (Lipinski definition) is 2. The minimum Gasteiger partial charge on any atom is -0.508 e. The second-order valence-corrected chi connectivity index (χ2v) is 5.75. The lowest BCUT2D eigenvalue weighted by atomic mass is 9.92. The molecule has 1 aliphatic rings. The van der Waals surface area contributed by atoms with Crippen molar-refractivity contribution >= 4 is 5.69 Å². The molecule has 1 unspecified atom stereocenters. The van der Waals surface area contributed by atoms with E-state index >= 15 is 0 Å². The molecule has 2 nitrogen and oxygen atoms in total. The summed E-state index contributed by atoms with van der Waals surface area (Å²) >= 11 is 0. The Morgan fingerprint density at radius 3 is 2.69 bits per heavy atom. The van der Waals surface area contributed by atoms with Gasteiger partial charge in [-0.3, -0.25) is 0 Å². The van der Waals surface area contributed by atoms with Crippen molar-refractivity contribution in [3.05, 3.63) is 23.8 Å². The molecule has 1 aromatic carbocycles. The second-order valence-electron chi connectivity index (χ2n) is 5.75. The third-order valence-electron chi connectivity index (χ3n) is 3.54. The summed E-state index contributed by atoms with van der Waals surface area (Å²) in [6, 6.07) is 6.31. The minimum absolute atomic E-state index is 0.373. The Morgan fingerprint density at radius 2 is 2.12 bits per heavy atom. The van der Waals surface area contributed by atoms with Crippen LogP contribution in [0.4, 0.5) is 5.69 Å². The summed E-state index contributed by atoms with van der Waals surface area (Å²) in [5.41, 5.74) is 2.53. The molecule has 2 rings (SSSR count). The fourth-order valence-electron chi connectivity index (χ4n) is 2.54.